The molecule has 4 atom stereocenters. The molecule has 4 aliphatic rings. The van der Waals surface area contributed by atoms with E-state index in [2.05, 4.69) is 62.4 Å². The normalized spacial score (nSPS) is 29.9. The summed E-state index contributed by atoms with van der Waals surface area (Å²) in [7, 11) is 0. The molecule has 0 fully saturated rings. The Labute approximate surface area is 158 Å². The zero-order chi connectivity index (χ0) is 18.2. The average molecular weight is 358 g/mol. The fourth-order valence-electron chi connectivity index (χ4n) is 4.90. The summed E-state index contributed by atoms with van der Waals surface area (Å²) < 4.78 is 12.7. The summed E-state index contributed by atoms with van der Waals surface area (Å²) >= 11 is 0. The van der Waals surface area contributed by atoms with Crippen molar-refractivity contribution in [3.05, 3.63) is 70.8 Å². The zero-order valence-electron chi connectivity index (χ0n) is 15.6. The summed E-state index contributed by atoms with van der Waals surface area (Å²) in [5, 5.41) is 0. The van der Waals surface area contributed by atoms with Crippen LogP contribution in [-0.4, -0.2) is 24.0 Å². The summed E-state index contributed by atoms with van der Waals surface area (Å²) in [5.41, 5.74) is 4.86. The second-order valence-corrected chi connectivity index (χ2v) is 8.50. The summed E-state index contributed by atoms with van der Waals surface area (Å²) in [5.74, 6) is 1.53. The third kappa shape index (κ3) is 2.10. The molecule has 0 spiro atoms. The quantitative estimate of drug-likeness (QED) is 0.807. The summed E-state index contributed by atoms with van der Waals surface area (Å²) in [6.45, 7) is 4.23. The number of fused-ring (bicyclic) bond motifs is 6. The van der Waals surface area contributed by atoms with Crippen LogP contribution < -0.4 is 0 Å². The number of rotatable bonds is 2. The van der Waals surface area contributed by atoms with Crippen LogP contribution in [-0.2, 0) is 22.3 Å². The molecular formula is C23H22N2O2. The van der Waals surface area contributed by atoms with Crippen molar-refractivity contribution in [3.63, 3.8) is 0 Å². The van der Waals surface area contributed by atoms with Gasteiger partial charge in [-0.05, 0) is 36.1 Å². The van der Waals surface area contributed by atoms with Crippen LogP contribution in [0.4, 0.5) is 0 Å². The van der Waals surface area contributed by atoms with Gasteiger partial charge in [-0.15, -0.1) is 0 Å². The highest BCUT2D eigenvalue weighted by Crippen LogP contribution is 2.46. The fraction of sp³-hybridized carbons (Fsp3) is 0.391. The van der Waals surface area contributed by atoms with E-state index in [1.807, 2.05) is 0 Å². The molecule has 0 aromatic heterocycles. The monoisotopic (exact) mass is 358 g/mol. The van der Waals surface area contributed by atoms with Crippen molar-refractivity contribution in [1.29, 1.82) is 0 Å². The van der Waals surface area contributed by atoms with E-state index in [0.29, 0.717) is 0 Å². The van der Waals surface area contributed by atoms with Crippen LogP contribution >= 0.6 is 0 Å². The standard InChI is InChI=1S/C23H22N2O2/c1-23(2,21-24-19-15-9-5-3-7-13(15)11-17(19)26-21)22-25-20-16-10-6-4-8-14(16)12-18(20)27-22/h3-10,17-20H,11-12H2,1-2H3/t17-,18-,19+,20?/m0/s1. The van der Waals surface area contributed by atoms with Crippen LogP contribution in [0.25, 0.3) is 0 Å². The van der Waals surface area contributed by atoms with Crippen LogP contribution in [0.15, 0.2) is 58.5 Å². The van der Waals surface area contributed by atoms with Crippen molar-refractivity contribution in [2.75, 3.05) is 0 Å². The van der Waals surface area contributed by atoms with Gasteiger partial charge in [-0.2, -0.15) is 0 Å². The molecule has 6 rings (SSSR count). The molecule has 0 saturated heterocycles. The third-order valence-corrected chi connectivity index (χ3v) is 6.40. The second-order valence-electron chi connectivity index (χ2n) is 8.50. The lowest BCUT2D eigenvalue weighted by molar-refractivity contribution is 0.170. The lowest BCUT2D eigenvalue weighted by Crippen LogP contribution is -2.36. The number of aliphatic imine (C=N–C) groups is 2. The van der Waals surface area contributed by atoms with Crippen molar-refractivity contribution >= 4 is 11.8 Å². The van der Waals surface area contributed by atoms with Gasteiger partial charge >= 0.3 is 0 Å². The second kappa shape index (κ2) is 5.22. The first kappa shape index (κ1) is 15.4. The molecule has 2 heterocycles. The van der Waals surface area contributed by atoms with Crippen LogP contribution in [0, 0.1) is 5.41 Å². The zero-order valence-corrected chi connectivity index (χ0v) is 15.6. The van der Waals surface area contributed by atoms with Crippen LogP contribution in [0.5, 0.6) is 0 Å². The van der Waals surface area contributed by atoms with Gasteiger partial charge in [0.1, 0.15) is 29.7 Å². The number of hydrogen-bond acceptors (Lipinski definition) is 4. The smallest absolute Gasteiger partial charge is 0.199 e. The minimum absolute atomic E-state index is 0.109. The first-order valence-corrected chi connectivity index (χ1v) is 9.77. The number of nitrogens with zero attached hydrogens (tertiary/aromatic N) is 2. The van der Waals surface area contributed by atoms with Crippen molar-refractivity contribution in [3.8, 4) is 0 Å². The molecule has 4 nitrogen and oxygen atoms in total. The summed E-state index contributed by atoms with van der Waals surface area (Å²) in [6, 6.07) is 17.3. The number of benzene rings is 2. The van der Waals surface area contributed by atoms with E-state index in [-0.39, 0.29) is 24.3 Å². The van der Waals surface area contributed by atoms with E-state index in [0.717, 1.165) is 24.6 Å². The highest BCUT2D eigenvalue weighted by Gasteiger charge is 2.50. The van der Waals surface area contributed by atoms with Crippen molar-refractivity contribution in [2.24, 2.45) is 15.4 Å². The molecule has 0 amide bonds. The topological polar surface area (TPSA) is 43.2 Å². The molecule has 4 heteroatoms. The number of ether oxygens (including phenoxy) is 2. The first-order valence-electron chi connectivity index (χ1n) is 9.77. The molecule has 0 saturated carbocycles. The van der Waals surface area contributed by atoms with Gasteiger partial charge in [0.05, 0.1) is 0 Å². The molecule has 0 bridgehead atoms. The Morgan fingerprint density at radius 1 is 0.741 bits per heavy atom. The molecule has 2 aromatic carbocycles. The van der Waals surface area contributed by atoms with Crippen LogP contribution in [0.3, 0.4) is 0 Å². The van der Waals surface area contributed by atoms with Gasteiger partial charge in [0.2, 0.25) is 0 Å². The summed E-state index contributed by atoms with van der Waals surface area (Å²) in [4.78, 5) is 9.96. The molecule has 2 aromatic rings. The molecule has 0 radical (unpaired) electrons. The van der Waals surface area contributed by atoms with Gasteiger partial charge in [-0.1, -0.05) is 48.5 Å². The van der Waals surface area contributed by atoms with Gasteiger partial charge in [-0.3, -0.25) is 0 Å². The third-order valence-electron chi connectivity index (χ3n) is 6.40. The molecule has 0 N–H and O–H groups in total. The molecule has 1 unspecified atom stereocenters. The summed E-state index contributed by atoms with van der Waals surface area (Å²) in [6.07, 6.45) is 2.07. The van der Waals surface area contributed by atoms with Crippen molar-refractivity contribution in [1.82, 2.24) is 0 Å². The van der Waals surface area contributed by atoms with E-state index in [9.17, 15) is 0 Å². The van der Waals surface area contributed by atoms with Crippen molar-refractivity contribution < 1.29 is 9.47 Å². The Kier molecular flexibility index (Phi) is 2.98. The Bertz CT molecular complexity index is 927. The molecule has 136 valence electrons. The maximum Gasteiger partial charge on any atom is 0.199 e. The van der Waals surface area contributed by atoms with E-state index < -0.39 is 5.41 Å². The van der Waals surface area contributed by atoms with Gasteiger partial charge in [-0.25, -0.2) is 9.98 Å². The molecule has 27 heavy (non-hydrogen) atoms. The van der Waals surface area contributed by atoms with Crippen LogP contribution in [0.1, 0.15) is 48.2 Å². The molecule has 2 aliphatic carbocycles. The predicted octanol–water partition coefficient (Wildman–Crippen LogP) is 4.20. The Morgan fingerprint density at radius 3 is 1.67 bits per heavy atom. The first-order chi connectivity index (χ1) is 13.1. The predicted molar refractivity (Wildman–Crippen MR) is 104 cm³/mol. The maximum absolute atomic E-state index is 6.33. The Morgan fingerprint density at radius 2 is 1.19 bits per heavy atom. The Hall–Kier alpha value is -2.62. The van der Waals surface area contributed by atoms with E-state index >= 15 is 0 Å². The highest BCUT2D eigenvalue weighted by molar-refractivity contribution is 6.05. The minimum atomic E-state index is -0.446. The van der Waals surface area contributed by atoms with Gasteiger partial charge < -0.3 is 9.47 Å². The van der Waals surface area contributed by atoms with E-state index in [1.165, 1.54) is 22.3 Å². The molecule has 2 aliphatic heterocycles. The van der Waals surface area contributed by atoms with Gasteiger partial charge in [0.15, 0.2) is 11.8 Å². The van der Waals surface area contributed by atoms with E-state index in [4.69, 9.17) is 19.5 Å². The van der Waals surface area contributed by atoms with Gasteiger partial charge in [0.25, 0.3) is 0 Å². The average Bonchev–Trinajstić information content (AvgIpc) is 3.39. The lowest BCUT2D eigenvalue weighted by Gasteiger charge is -2.25. The van der Waals surface area contributed by atoms with Gasteiger partial charge in [0, 0.05) is 12.8 Å². The fourth-order valence-corrected chi connectivity index (χ4v) is 4.90. The van der Waals surface area contributed by atoms with E-state index in [1.54, 1.807) is 0 Å². The Balaban J connectivity index is 1.32. The SMILES string of the molecule is CC(C)(C1=NC2c3ccccc3C[C@@H]2O1)C1=N[C@@H]2c3ccccc3C[C@@H]2O1. The lowest BCUT2D eigenvalue weighted by atomic mass is 9.92. The van der Waals surface area contributed by atoms with Crippen LogP contribution in [0.2, 0.25) is 0 Å². The highest BCUT2D eigenvalue weighted by atomic mass is 16.5. The minimum Gasteiger partial charge on any atom is -0.474 e. The number of hydrogen-bond donors (Lipinski definition) is 0. The molecular weight excluding hydrogens is 336 g/mol. The largest absolute Gasteiger partial charge is 0.474 e. The maximum atomic E-state index is 6.33. The van der Waals surface area contributed by atoms with Crippen molar-refractivity contribution in [2.45, 2.75) is 51.0 Å².